The van der Waals surface area contributed by atoms with Crippen LogP contribution in [0.25, 0.3) is 38.8 Å². The highest BCUT2D eigenvalue weighted by Crippen LogP contribution is 2.50. The second-order valence-corrected chi connectivity index (χ2v) is 16.2. The maximum atomic E-state index is 14.5. The third kappa shape index (κ3) is 6.76. The summed E-state index contributed by atoms with van der Waals surface area (Å²) in [6.07, 6.45) is 3.83. The van der Waals surface area contributed by atoms with E-state index < -0.39 is 0 Å². The predicted molar refractivity (Wildman–Crippen MR) is 239 cm³/mol. The summed E-state index contributed by atoms with van der Waals surface area (Å²) in [4.78, 5) is 9.68. The van der Waals surface area contributed by atoms with Crippen molar-refractivity contribution in [2.75, 3.05) is 16.5 Å². The molecule has 0 aliphatic carbocycles. The van der Waals surface area contributed by atoms with E-state index in [4.69, 9.17) is 9.72 Å². The van der Waals surface area contributed by atoms with Gasteiger partial charge in [-0.15, -0.1) is 0 Å². The molecular formula is C52H49FN4O. The zero-order valence-corrected chi connectivity index (χ0v) is 34.1. The van der Waals surface area contributed by atoms with Crippen molar-refractivity contribution in [1.82, 2.24) is 9.55 Å². The number of halogens is 1. The molecule has 8 aromatic rings. The van der Waals surface area contributed by atoms with Gasteiger partial charge in [-0.3, -0.25) is 4.57 Å². The number of ether oxygens (including phenoxy) is 1. The first-order valence-electron chi connectivity index (χ1n) is 20.5. The first kappa shape index (κ1) is 37.2. The van der Waals surface area contributed by atoms with Gasteiger partial charge in [0.25, 0.3) is 0 Å². The maximum absolute atomic E-state index is 14.5. The molecule has 0 saturated carbocycles. The van der Waals surface area contributed by atoms with E-state index in [1.807, 2.05) is 18.3 Å². The molecule has 2 aromatic heterocycles. The number of para-hydroxylation sites is 3. The van der Waals surface area contributed by atoms with Crippen LogP contribution in [0.3, 0.4) is 0 Å². The van der Waals surface area contributed by atoms with Gasteiger partial charge in [0.15, 0.2) is 0 Å². The number of benzene rings is 6. The Labute approximate surface area is 341 Å². The maximum Gasteiger partial charge on any atom is 0.137 e. The van der Waals surface area contributed by atoms with Crippen molar-refractivity contribution in [3.8, 4) is 28.4 Å². The molecule has 1 aliphatic rings. The van der Waals surface area contributed by atoms with Gasteiger partial charge in [0.1, 0.15) is 29.8 Å². The summed E-state index contributed by atoms with van der Waals surface area (Å²) in [5.74, 6) is 2.73. The summed E-state index contributed by atoms with van der Waals surface area (Å²) in [6.45, 7) is 14.0. The average molecular weight is 765 g/mol. The number of aromatic nitrogens is 2. The fraction of sp³-hybridized carbons (Fsp3) is 0.212. The normalized spacial score (nSPS) is 12.7. The van der Waals surface area contributed by atoms with E-state index in [2.05, 4.69) is 159 Å². The summed E-state index contributed by atoms with van der Waals surface area (Å²) in [7, 11) is 0. The molecule has 6 heteroatoms. The molecule has 0 radical (unpaired) electrons. The average Bonchev–Trinajstić information content (AvgIpc) is 3.76. The van der Waals surface area contributed by atoms with Crippen molar-refractivity contribution < 1.29 is 9.13 Å². The van der Waals surface area contributed by atoms with E-state index in [-0.39, 0.29) is 17.7 Å². The number of hydrogen-bond donors (Lipinski definition) is 0. The largest absolute Gasteiger partial charge is 0.457 e. The van der Waals surface area contributed by atoms with Crippen molar-refractivity contribution in [2.24, 2.45) is 0 Å². The minimum atomic E-state index is -0.222. The summed E-state index contributed by atoms with van der Waals surface area (Å²) in [5, 5.41) is 2.34. The highest BCUT2D eigenvalue weighted by Gasteiger charge is 2.32. The Balaban J connectivity index is 1.13. The van der Waals surface area contributed by atoms with E-state index in [0.717, 1.165) is 80.3 Å². The Bertz CT molecular complexity index is 2790. The Hall–Kier alpha value is -6.40. The minimum absolute atomic E-state index is 0.222. The quantitative estimate of drug-likeness (QED) is 0.139. The van der Waals surface area contributed by atoms with Gasteiger partial charge in [0, 0.05) is 40.5 Å². The Morgan fingerprint density at radius 2 is 1.38 bits per heavy atom. The van der Waals surface area contributed by atoms with Gasteiger partial charge in [0.05, 0.1) is 22.4 Å². The first-order chi connectivity index (χ1) is 28.2. The van der Waals surface area contributed by atoms with Crippen LogP contribution in [-0.2, 0) is 6.42 Å². The molecule has 0 amide bonds. The number of aryl methyl sites for hydroxylation is 2. The molecule has 0 N–H and O–H groups in total. The number of rotatable bonds is 10. The van der Waals surface area contributed by atoms with Gasteiger partial charge in [-0.05, 0) is 137 Å². The molecule has 1 aliphatic heterocycles. The van der Waals surface area contributed by atoms with Gasteiger partial charge in [0.2, 0.25) is 0 Å². The third-order valence-corrected chi connectivity index (χ3v) is 11.4. The fourth-order valence-electron chi connectivity index (χ4n) is 8.66. The van der Waals surface area contributed by atoms with E-state index in [1.54, 1.807) is 12.1 Å². The lowest BCUT2D eigenvalue weighted by Gasteiger charge is -2.30. The number of hydrogen-bond acceptors (Lipinski definition) is 4. The fourth-order valence-corrected chi connectivity index (χ4v) is 8.66. The predicted octanol–water partition coefficient (Wildman–Crippen LogP) is 14.5. The van der Waals surface area contributed by atoms with Gasteiger partial charge < -0.3 is 14.5 Å². The molecule has 9 rings (SSSR count). The van der Waals surface area contributed by atoms with Crippen molar-refractivity contribution >= 4 is 44.6 Å². The zero-order chi connectivity index (χ0) is 40.1. The number of nitrogens with zero attached hydrogens (tertiary/aromatic N) is 4. The molecule has 0 saturated heterocycles. The molecule has 5 nitrogen and oxygen atoms in total. The van der Waals surface area contributed by atoms with E-state index in [1.165, 1.54) is 33.8 Å². The topological polar surface area (TPSA) is 33.5 Å². The van der Waals surface area contributed by atoms with Gasteiger partial charge >= 0.3 is 0 Å². The van der Waals surface area contributed by atoms with Crippen LogP contribution in [0.2, 0.25) is 0 Å². The molecule has 0 atom stereocenters. The lowest BCUT2D eigenvalue weighted by atomic mass is 9.87. The van der Waals surface area contributed by atoms with Crippen LogP contribution in [0.15, 0.2) is 140 Å². The molecule has 0 bridgehead atoms. The monoisotopic (exact) mass is 764 g/mol. The molecular weight excluding hydrogens is 716 g/mol. The van der Waals surface area contributed by atoms with Crippen LogP contribution in [0, 0.1) is 12.7 Å². The van der Waals surface area contributed by atoms with Crippen LogP contribution in [-0.4, -0.2) is 16.2 Å². The van der Waals surface area contributed by atoms with Crippen LogP contribution in [0.5, 0.6) is 11.5 Å². The highest BCUT2D eigenvalue weighted by molar-refractivity contribution is 6.09. The Morgan fingerprint density at radius 3 is 2.10 bits per heavy atom. The van der Waals surface area contributed by atoms with Crippen molar-refractivity contribution in [2.45, 2.75) is 66.2 Å². The zero-order valence-electron chi connectivity index (χ0n) is 34.1. The van der Waals surface area contributed by atoms with E-state index >= 15 is 0 Å². The van der Waals surface area contributed by atoms with Crippen molar-refractivity contribution in [3.63, 3.8) is 0 Å². The number of fused-ring (bicyclic) bond motifs is 4. The SMILES string of the molecule is CCCc1cc(Oc2ccc3c4ccccc4n(-c4cc(C)ccn4)c3c2)cc(N2CN(c3c(C(C)C)cc(-c4cccc(F)c4)cc3C(C)C)c3ccccc32)c1. The number of pyridine rings is 1. The Morgan fingerprint density at radius 1 is 0.655 bits per heavy atom. The third-order valence-electron chi connectivity index (χ3n) is 11.4. The van der Waals surface area contributed by atoms with Crippen LogP contribution < -0.4 is 14.5 Å². The van der Waals surface area contributed by atoms with Crippen LogP contribution >= 0.6 is 0 Å². The molecule has 0 fully saturated rings. The molecule has 3 heterocycles. The second kappa shape index (κ2) is 15.2. The summed E-state index contributed by atoms with van der Waals surface area (Å²) < 4.78 is 23.5. The van der Waals surface area contributed by atoms with Crippen LogP contribution in [0.4, 0.5) is 27.1 Å². The second-order valence-electron chi connectivity index (χ2n) is 16.2. The first-order valence-corrected chi connectivity index (χ1v) is 20.5. The van der Waals surface area contributed by atoms with Crippen molar-refractivity contribution in [3.05, 3.63) is 168 Å². The minimum Gasteiger partial charge on any atom is -0.457 e. The lowest BCUT2D eigenvalue weighted by molar-refractivity contribution is 0.482. The van der Waals surface area contributed by atoms with Crippen LogP contribution in [0.1, 0.15) is 75.1 Å². The molecule has 290 valence electrons. The molecule has 58 heavy (non-hydrogen) atoms. The smallest absolute Gasteiger partial charge is 0.137 e. The van der Waals surface area contributed by atoms with E-state index in [0.29, 0.717) is 6.67 Å². The summed E-state index contributed by atoms with van der Waals surface area (Å²) >= 11 is 0. The van der Waals surface area contributed by atoms with Crippen molar-refractivity contribution in [1.29, 1.82) is 0 Å². The van der Waals surface area contributed by atoms with Gasteiger partial charge in [-0.2, -0.15) is 0 Å². The summed E-state index contributed by atoms with van der Waals surface area (Å²) in [5.41, 5.74) is 13.6. The molecule has 6 aromatic carbocycles. The van der Waals surface area contributed by atoms with E-state index in [9.17, 15) is 4.39 Å². The molecule has 0 unspecified atom stereocenters. The Kier molecular flexibility index (Phi) is 9.72. The van der Waals surface area contributed by atoms with Gasteiger partial charge in [-0.1, -0.05) is 83.5 Å². The number of anilines is 4. The lowest BCUT2D eigenvalue weighted by Crippen LogP contribution is -2.26. The highest BCUT2D eigenvalue weighted by atomic mass is 19.1. The molecule has 0 spiro atoms. The standard InChI is InChI=1S/C52H49FN4O/c1-7-13-36-25-40(30-42(26-36)58-41-20-21-44-43-16-8-9-17-47(43)57(50(44)31-41)51-24-35(6)22-23-54-51)55-32-56(49-19-11-10-18-48(49)55)52-45(33(2)3)28-38(29-46(52)34(4)5)37-14-12-15-39(53)27-37/h8-12,14-31,33-34H,7,13,32H2,1-6H3. The summed E-state index contributed by atoms with van der Waals surface area (Å²) in [6, 6.07) is 45.9. The van der Waals surface area contributed by atoms with Gasteiger partial charge in [-0.25, -0.2) is 9.37 Å².